The molecule has 1 aliphatic heterocycles. The minimum Gasteiger partial charge on any atom is -0.326 e. The molecule has 1 atom stereocenters. The van der Waals surface area contributed by atoms with E-state index in [0.29, 0.717) is 6.42 Å². The van der Waals surface area contributed by atoms with Gasteiger partial charge in [0.25, 0.3) is 0 Å². The van der Waals surface area contributed by atoms with Gasteiger partial charge >= 0.3 is 0 Å². The van der Waals surface area contributed by atoms with Gasteiger partial charge in [-0.05, 0) is 46.4 Å². The second-order valence-corrected chi connectivity index (χ2v) is 6.71. The van der Waals surface area contributed by atoms with Gasteiger partial charge in [0.2, 0.25) is 5.91 Å². The maximum atomic E-state index is 12.2. The van der Waals surface area contributed by atoms with Crippen LogP contribution in [0, 0.1) is 0 Å². The van der Waals surface area contributed by atoms with Gasteiger partial charge in [0.05, 0.1) is 0 Å². The van der Waals surface area contributed by atoms with E-state index in [4.69, 9.17) is 0 Å². The lowest BCUT2D eigenvalue weighted by atomic mass is 9.82. The summed E-state index contributed by atoms with van der Waals surface area (Å²) in [5.74, 6) is 0.201. The van der Waals surface area contributed by atoms with Crippen molar-refractivity contribution in [3.05, 3.63) is 71.8 Å². The number of benzene rings is 3. The summed E-state index contributed by atoms with van der Waals surface area (Å²) >= 11 is 1.73. The molecular weight excluding hydrogens is 302 g/mol. The Hall–Kier alpha value is -2.26. The van der Waals surface area contributed by atoms with E-state index < -0.39 is 0 Å². The maximum absolute atomic E-state index is 12.2. The monoisotopic (exact) mass is 319 g/mol. The van der Waals surface area contributed by atoms with E-state index in [0.717, 1.165) is 5.69 Å². The first-order valence-electron chi connectivity index (χ1n) is 7.72. The molecule has 0 saturated carbocycles. The molecule has 1 aliphatic rings. The Morgan fingerprint density at radius 1 is 1.00 bits per heavy atom. The molecule has 1 unspecified atom stereocenters. The molecule has 0 aromatic heterocycles. The number of carbonyl (C=O) groups is 1. The van der Waals surface area contributed by atoms with E-state index in [-0.39, 0.29) is 11.8 Å². The maximum Gasteiger partial charge on any atom is 0.225 e. The van der Waals surface area contributed by atoms with E-state index >= 15 is 0 Å². The highest BCUT2D eigenvalue weighted by Gasteiger charge is 2.28. The quantitative estimate of drug-likeness (QED) is 0.671. The number of anilines is 1. The van der Waals surface area contributed by atoms with Crippen molar-refractivity contribution in [2.45, 2.75) is 17.2 Å². The molecule has 114 valence electrons. The smallest absolute Gasteiger partial charge is 0.225 e. The average Bonchev–Trinajstić information content (AvgIpc) is 2.60. The SMILES string of the molecule is CSc1ccc(C2CC(=O)Nc3ccc4ccccc4c32)cc1. The highest BCUT2D eigenvalue weighted by Crippen LogP contribution is 2.41. The number of hydrogen-bond donors (Lipinski definition) is 1. The largest absolute Gasteiger partial charge is 0.326 e. The lowest BCUT2D eigenvalue weighted by molar-refractivity contribution is -0.116. The number of carbonyl (C=O) groups excluding carboxylic acids is 1. The standard InChI is InChI=1S/C20H17NOS/c1-23-15-9-6-14(7-10-15)17-12-19(22)21-18-11-8-13-4-2-3-5-16(13)20(17)18/h2-11,17H,12H2,1H3,(H,21,22). The van der Waals surface area contributed by atoms with Crippen LogP contribution in [-0.2, 0) is 4.79 Å². The van der Waals surface area contributed by atoms with Crippen LogP contribution in [0.3, 0.4) is 0 Å². The van der Waals surface area contributed by atoms with Crippen LogP contribution in [0.15, 0.2) is 65.6 Å². The Morgan fingerprint density at radius 2 is 1.78 bits per heavy atom. The van der Waals surface area contributed by atoms with E-state index in [1.54, 1.807) is 11.8 Å². The number of hydrogen-bond acceptors (Lipinski definition) is 2. The lowest BCUT2D eigenvalue weighted by Gasteiger charge is -2.27. The summed E-state index contributed by atoms with van der Waals surface area (Å²) in [6.45, 7) is 0. The van der Waals surface area contributed by atoms with Crippen LogP contribution < -0.4 is 5.32 Å². The molecule has 1 heterocycles. The topological polar surface area (TPSA) is 29.1 Å². The summed E-state index contributed by atoms with van der Waals surface area (Å²) in [5, 5.41) is 5.47. The fraction of sp³-hybridized carbons (Fsp3) is 0.150. The first-order chi connectivity index (χ1) is 11.3. The van der Waals surface area contributed by atoms with Crippen molar-refractivity contribution in [2.75, 3.05) is 11.6 Å². The summed E-state index contributed by atoms with van der Waals surface area (Å²) in [7, 11) is 0. The van der Waals surface area contributed by atoms with Crippen molar-refractivity contribution in [1.29, 1.82) is 0 Å². The second-order valence-electron chi connectivity index (χ2n) is 5.83. The van der Waals surface area contributed by atoms with Gasteiger partial charge in [-0.1, -0.05) is 42.5 Å². The van der Waals surface area contributed by atoms with Gasteiger partial charge in [-0.25, -0.2) is 0 Å². The molecule has 1 N–H and O–H groups in total. The van der Waals surface area contributed by atoms with Gasteiger partial charge in [-0.2, -0.15) is 0 Å². The molecule has 2 nitrogen and oxygen atoms in total. The molecule has 0 spiro atoms. The summed E-state index contributed by atoms with van der Waals surface area (Å²) in [6.07, 6.45) is 2.57. The summed E-state index contributed by atoms with van der Waals surface area (Å²) in [4.78, 5) is 13.4. The Kier molecular flexibility index (Phi) is 3.58. The van der Waals surface area contributed by atoms with Crippen molar-refractivity contribution >= 4 is 34.1 Å². The first kappa shape index (κ1) is 14.3. The molecule has 0 fully saturated rings. The normalized spacial score (nSPS) is 16.9. The van der Waals surface area contributed by atoms with Gasteiger partial charge in [-0.15, -0.1) is 11.8 Å². The molecule has 0 radical (unpaired) electrons. The van der Waals surface area contributed by atoms with Gasteiger partial charge in [0.15, 0.2) is 0 Å². The van der Waals surface area contributed by atoms with Gasteiger partial charge < -0.3 is 5.32 Å². The zero-order valence-electron chi connectivity index (χ0n) is 12.9. The fourth-order valence-electron chi connectivity index (χ4n) is 3.39. The van der Waals surface area contributed by atoms with Crippen molar-refractivity contribution < 1.29 is 4.79 Å². The van der Waals surface area contributed by atoms with Crippen LogP contribution in [0.5, 0.6) is 0 Å². The van der Waals surface area contributed by atoms with Crippen LogP contribution in [0.4, 0.5) is 5.69 Å². The molecular formula is C20H17NOS. The third kappa shape index (κ3) is 2.51. The highest BCUT2D eigenvalue weighted by atomic mass is 32.2. The van der Waals surface area contributed by atoms with Crippen molar-refractivity contribution in [2.24, 2.45) is 0 Å². The molecule has 23 heavy (non-hydrogen) atoms. The Labute approximate surface area is 139 Å². The molecule has 0 bridgehead atoms. The van der Waals surface area contributed by atoms with Gasteiger partial charge in [0, 0.05) is 22.9 Å². The Morgan fingerprint density at radius 3 is 2.57 bits per heavy atom. The molecule has 0 saturated heterocycles. The van der Waals surface area contributed by atoms with Gasteiger partial charge in [-0.3, -0.25) is 4.79 Å². The zero-order valence-corrected chi connectivity index (χ0v) is 13.7. The molecule has 1 amide bonds. The van der Waals surface area contributed by atoms with E-state index in [1.165, 1.54) is 26.8 Å². The minimum atomic E-state index is 0.0896. The average molecular weight is 319 g/mol. The van der Waals surface area contributed by atoms with E-state index in [1.807, 2.05) is 6.07 Å². The van der Waals surface area contributed by atoms with Crippen molar-refractivity contribution in [3.8, 4) is 0 Å². The van der Waals surface area contributed by atoms with Crippen LogP contribution in [-0.4, -0.2) is 12.2 Å². The minimum absolute atomic E-state index is 0.0896. The Balaban J connectivity index is 1.91. The number of amides is 1. The van der Waals surface area contributed by atoms with Crippen molar-refractivity contribution in [1.82, 2.24) is 0 Å². The fourth-order valence-corrected chi connectivity index (χ4v) is 3.80. The Bertz CT molecular complexity index is 886. The summed E-state index contributed by atoms with van der Waals surface area (Å²) in [5.41, 5.74) is 3.38. The molecule has 3 heteroatoms. The summed E-state index contributed by atoms with van der Waals surface area (Å²) in [6, 6.07) is 21.1. The molecule has 3 aromatic carbocycles. The third-order valence-corrected chi connectivity index (χ3v) is 5.24. The highest BCUT2D eigenvalue weighted by molar-refractivity contribution is 7.98. The van der Waals surface area contributed by atoms with E-state index in [9.17, 15) is 4.79 Å². The lowest BCUT2D eigenvalue weighted by Crippen LogP contribution is -2.23. The van der Waals surface area contributed by atoms with Crippen LogP contribution >= 0.6 is 11.8 Å². The number of nitrogens with one attached hydrogen (secondary N) is 1. The number of fused-ring (bicyclic) bond motifs is 3. The predicted octanol–water partition coefficient (Wildman–Crippen LogP) is 5.04. The number of rotatable bonds is 2. The van der Waals surface area contributed by atoms with Crippen molar-refractivity contribution in [3.63, 3.8) is 0 Å². The summed E-state index contributed by atoms with van der Waals surface area (Å²) < 4.78 is 0. The van der Waals surface area contributed by atoms with E-state index in [2.05, 4.69) is 66.2 Å². The molecule has 4 rings (SSSR count). The predicted molar refractivity (Wildman–Crippen MR) is 97.3 cm³/mol. The van der Waals surface area contributed by atoms with Gasteiger partial charge in [0.1, 0.15) is 0 Å². The molecule has 3 aromatic rings. The second kappa shape index (κ2) is 5.74. The van der Waals surface area contributed by atoms with Crippen LogP contribution in [0.2, 0.25) is 0 Å². The number of thioether (sulfide) groups is 1. The third-order valence-electron chi connectivity index (χ3n) is 4.50. The van der Waals surface area contributed by atoms with Crippen LogP contribution in [0.1, 0.15) is 23.5 Å². The molecule has 0 aliphatic carbocycles. The van der Waals surface area contributed by atoms with Crippen LogP contribution in [0.25, 0.3) is 10.8 Å². The zero-order chi connectivity index (χ0) is 15.8. The first-order valence-corrected chi connectivity index (χ1v) is 8.94.